The minimum absolute atomic E-state index is 0.0298. The van der Waals surface area contributed by atoms with E-state index in [0.717, 1.165) is 22.9 Å². The lowest BCUT2D eigenvalue weighted by atomic mass is 9.99. The van der Waals surface area contributed by atoms with Crippen LogP contribution in [-0.2, 0) is 4.79 Å². The van der Waals surface area contributed by atoms with Crippen LogP contribution in [0, 0.1) is 5.92 Å². The van der Waals surface area contributed by atoms with Gasteiger partial charge >= 0.3 is 0 Å². The Morgan fingerprint density at radius 3 is 2.71 bits per heavy atom. The number of nitrogens with one attached hydrogen (secondary N) is 1. The predicted molar refractivity (Wildman–Crippen MR) is 90.3 cm³/mol. The van der Waals surface area contributed by atoms with Crippen LogP contribution >= 0.6 is 0 Å². The number of carbonyl (C=O) groups excluding carboxylic acids is 1. The third kappa shape index (κ3) is 2.54. The number of anilines is 2. The maximum Gasteiger partial charge on any atom is 0.231 e. The molecule has 3 aromatic rings. The van der Waals surface area contributed by atoms with Crippen LogP contribution in [0.25, 0.3) is 5.65 Å². The number of nitrogens with zero attached hydrogens (tertiary/aromatic N) is 4. The zero-order chi connectivity index (χ0) is 16.5. The van der Waals surface area contributed by atoms with Gasteiger partial charge in [-0.05, 0) is 30.3 Å². The van der Waals surface area contributed by atoms with Crippen LogP contribution in [-0.4, -0.2) is 40.7 Å². The normalized spacial score (nSPS) is 14.5. The van der Waals surface area contributed by atoms with Crippen LogP contribution in [0.4, 0.5) is 11.5 Å². The van der Waals surface area contributed by atoms with Gasteiger partial charge in [-0.1, -0.05) is 0 Å². The van der Waals surface area contributed by atoms with Crippen molar-refractivity contribution in [3.05, 3.63) is 48.8 Å². The number of ether oxygens (including phenoxy) is 1. The van der Waals surface area contributed by atoms with Crippen molar-refractivity contribution in [1.82, 2.24) is 14.6 Å². The highest BCUT2D eigenvalue weighted by Crippen LogP contribution is 2.25. The predicted octanol–water partition coefficient (Wildman–Crippen LogP) is 1.81. The summed E-state index contributed by atoms with van der Waals surface area (Å²) in [4.78, 5) is 18.7. The minimum atomic E-state index is -0.0362. The Bertz CT molecular complexity index is 868. The number of methoxy groups -OCH3 is 1. The van der Waals surface area contributed by atoms with Crippen LogP contribution < -0.4 is 15.0 Å². The van der Waals surface area contributed by atoms with E-state index >= 15 is 0 Å². The van der Waals surface area contributed by atoms with E-state index in [1.165, 1.54) is 0 Å². The number of rotatable bonds is 4. The standard InChI is InChI=1S/C17H17N5O2/c1-24-14-4-2-13(3-5-14)20-17(23)12-10-21(11-12)16-7-8-18-15-6-9-19-22(15)16/h2-9,12H,10-11H2,1H3,(H,20,23). The van der Waals surface area contributed by atoms with Gasteiger partial charge in [-0.2, -0.15) is 9.61 Å². The van der Waals surface area contributed by atoms with E-state index in [0.29, 0.717) is 13.1 Å². The number of benzene rings is 1. The molecule has 1 fully saturated rings. The molecule has 0 bridgehead atoms. The summed E-state index contributed by atoms with van der Waals surface area (Å²) < 4.78 is 6.90. The molecule has 0 spiro atoms. The quantitative estimate of drug-likeness (QED) is 0.793. The lowest BCUT2D eigenvalue weighted by Crippen LogP contribution is -2.52. The summed E-state index contributed by atoms with van der Waals surface area (Å²) in [6.07, 6.45) is 3.48. The van der Waals surface area contributed by atoms with E-state index in [9.17, 15) is 4.79 Å². The summed E-state index contributed by atoms with van der Waals surface area (Å²) in [6.45, 7) is 1.34. The second-order valence-electron chi connectivity index (χ2n) is 5.72. The molecule has 7 nitrogen and oxygen atoms in total. The van der Waals surface area contributed by atoms with Crippen molar-refractivity contribution < 1.29 is 9.53 Å². The molecule has 4 rings (SSSR count). The third-order valence-electron chi connectivity index (χ3n) is 4.20. The van der Waals surface area contributed by atoms with Gasteiger partial charge in [0.25, 0.3) is 0 Å². The first kappa shape index (κ1) is 14.5. The number of aromatic nitrogens is 3. The average molecular weight is 323 g/mol. The zero-order valence-corrected chi connectivity index (χ0v) is 13.2. The minimum Gasteiger partial charge on any atom is -0.497 e. The summed E-state index contributed by atoms with van der Waals surface area (Å²) in [5.74, 6) is 1.72. The molecule has 3 heterocycles. The highest BCUT2D eigenvalue weighted by molar-refractivity contribution is 5.94. The van der Waals surface area contributed by atoms with Gasteiger partial charge in [-0.3, -0.25) is 4.79 Å². The molecule has 0 aliphatic carbocycles. The monoisotopic (exact) mass is 323 g/mol. The first-order valence-corrected chi connectivity index (χ1v) is 7.73. The molecular formula is C17H17N5O2. The first-order valence-electron chi connectivity index (χ1n) is 7.73. The molecule has 1 aliphatic heterocycles. The molecule has 1 aromatic carbocycles. The van der Waals surface area contributed by atoms with Crippen LogP contribution in [0.3, 0.4) is 0 Å². The molecule has 122 valence electrons. The zero-order valence-electron chi connectivity index (χ0n) is 13.2. The van der Waals surface area contributed by atoms with Crippen molar-refractivity contribution in [2.24, 2.45) is 5.92 Å². The fraction of sp³-hybridized carbons (Fsp3) is 0.235. The molecule has 0 saturated carbocycles. The van der Waals surface area contributed by atoms with Crippen LogP contribution in [0.15, 0.2) is 48.8 Å². The number of hydrogen-bond donors (Lipinski definition) is 1. The van der Waals surface area contributed by atoms with E-state index in [4.69, 9.17) is 4.74 Å². The average Bonchev–Trinajstić information content (AvgIpc) is 3.03. The van der Waals surface area contributed by atoms with E-state index in [1.54, 1.807) is 24.0 Å². The summed E-state index contributed by atoms with van der Waals surface area (Å²) in [5.41, 5.74) is 1.58. The fourth-order valence-corrected chi connectivity index (χ4v) is 2.81. The first-order chi connectivity index (χ1) is 11.7. The lowest BCUT2D eigenvalue weighted by molar-refractivity contribution is -0.120. The second-order valence-corrected chi connectivity index (χ2v) is 5.72. The number of hydrogen-bond acceptors (Lipinski definition) is 5. The Labute approximate surface area is 138 Å². The highest BCUT2D eigenvalue weighted by atomic mass is 16.5. The van der Waals surface area contributed by atoms with Gasteiger partial charge in [-0.15, -0.1) is 0 Å². The van der Waals surface area contributed by atoms with Crippen LogP contribution in [0.2, 0.25) is 0 Å². The SMILES string of the molecule is COc1ccc(NC(=O)C2CN(c3ccnc4ccnn34)C2)cc1. The van der Waals surface area contributed by atoms with Gasteiger partial charge in [-0.25, -0.2) is 4.98 Å². The van der Waals surface area contributed by atoms with Crippen molar-refractivity contribution in [2.75, 3.05) is 30.4 Å². The molecule has 1 saturated heterocycles. The topological polar surface area (TPSA) is 71.8 Å². The van der Waals surface area contributed by atoms with Gasteiger partial charge in [0.2, 0.25) is 5.91 Å². The van der Waals surface area contributed by atoms with Gasteiger partial charge in [0, 0.05) is 31.0 Å². The highest BCUT2D eigenvalue weighted by Gasteiger charge is 2.34. The molecule has 0 unspecified atom stereocenters. The van der Waals surface area contributed by atoms with Crippen molar-refractivity contribution in [2.45, 2.75) is 0 Å². The third-order valence-corrected chi connectivity index (χ3v) is 4.20. The Morgan fingerprint density at radius 2 is 1.96 bits per heavy atom. The Balaban J connectivity index is 1.39. The van der Waals surface area contributed by atoms with E-state index in [1.807, 2.05) is 36.4 Å². The molecule has 24 heavy (non-hydrogen) atoms. The molecule has 0 atom stereocenters. The Kier molecular flexibility index (Phi) is 3.53. The summed E-state index contributed by atoms with van der Waals surface area (Å²) in [5, 5.41) is 7.22. The number of amides is 1. The Morgan fingerprint density at radius 1 is 1.17 bits per heavy atom. The summed E-state index contributed by atoms with van der Waals surface area (Å²) in [6, 6.07) is 11.1. The molecule has 2 aromatic heterocycles. The van der Waals surface area contributed by atoms with Crippen molar-refractivity contribution in [3.63, 3.8) is 0 Å². The smallest absolute Gasteiger partial charge is 0.231 e. The van der Waals surface area contributed by atoms with Crippen molar-refractivity contribution in [1.29, 1.82) is 0 Å². The maximum absolute atomic E-state index is 12.3. The Hall–Kier alpha value is -3.09. The summed E-state index contributed by atoms with van der Waals surface area (Å²) >= 11 is 0. The number of carbonyl (C=O) groups is 1. The molecule has 0 radical (unpaired) electrons. The largest absolute Gasteiger partial charge is 0.497 e. The van der Waals surface area contributed by atoms with Crippen LogP contribution in [0.1, 0.15) is 0 Å². The summed E-state index contributed by atoms with van der Waals surface area (Å²) in [7, 11) is 1.62. The molecule has 1 amide bonds. The van der Waals surface area contributed by atoms with Crippen molar-refractivity contribution >= 4 is 23.1 Å². The van der Waals surface area contributed by atoms with E-state index < -0.39 is 0 Å². The fourth-order valence-electron chi connectivity index (χ4n) is 2.81. The van der Waals surface area contributed by atoms with Gasteiger partial charge in [0.1, 0.15) is 11.6 Å². The van der Waals surface area contributed by atoms with Crippen molar-refractivity contribution in [3.8, 4) is 5.75 Å². The maximum atomic E-state index is 12.3. The molecule has 1 aliphatic rings. The molecular weight excluding hydrogens is 306 g/mol. The van der Waals surface area contributed by atoms with Crippen LogP contribution in [0.5, 0.6) is 5.75 Å². The number of fused-ring (bicyclic) bond motifs is 1. The lowest BCUT2D eigenvalue weighted by Gasteiger charge is -2.39. The van der Waals surface area contributed by atoms with E-state index in [-0.39, 0.29) is 11.8 Å². The molecule has 7 heteroatoms. The van der Waals surface area contributed by atoms with E-state index in [2.05, 4.69) is 20.3 Å². The molecule has 1 N–H and O–H groups in total. The second kappa shape index (κ2) is 5.84. The van der Waals surface area contributed by atoms with Gasteiger partial charge < -0.3 is 15.0 Å². The van der Waals surface area contributed by atoms with Gasteiger partial charge in [0.15, 0.2) is 5.65 Å². The van der Waals surface area contributed by atoms with Gasteiger partial charge in [0.05, 0.1) is 19.2 Å².